The van der Waals surface area contributed by atoms with Crippen LogP contribution >= 0.6 is 0 Å². The van der Waals surface area contributed by atoms with Gasteiger partial charge >= 0.3 is 5.97 Å². The zero-order valence-electron chi connectivity index (χ0n) is 7.83. The molecule has 0 aromatic carbocycles. The summed E-state index contributed by atoms with van der Waals surface area (Å²) in [5.41, 5.74) is 0.813. The van der Waals surface area contributed by atoms with E-state index in [9.17, 15) is 4.79 Å². The molecule has 4 nitrogen and oxygen atoms in total. The maximum absolute atomic E-state index is 10.7. The van der Waals surface area contributed by atoms with Crippen LogP contribution in [0.1, 0.15) is 12.6 Å². The number of aromatic nitrogens is 1. The quantitative estimate of drug-likeness (QED) is 0.646. The first-order valence-corrected chi connectivity index (χ1v) is 3.82. The first-order chi connectivity index (χ1) is 6.13. The van der Waals surface area contributed by atoms with E-state index in [0.717, 1.165) is 5.69 Å². The van der Waals surface area contributed by atoms with Crippen molar-refractivity contribution in [3.63, 3.8) is 0 Å². The highest BCUT2D eigenvalue weighted by atomic mass is 16.6. The number of carbonyl (C=O) groups is 1. The number of hydrogen-bond acceptors (Lipinski definition) is 4. The minimum Gasteiger partial charge on any atom is -0.493 e. The van der Waals surface area contributed by atoms with Gasteiger partial charge in [-0.3, -0.25) is 9.78 Å². The largest absolute Gasteiger partial charge is 0.493 e. The third-order valence-corrected chi connectivity index (χ3v) is 1.44. The van der Waals surface area contributed by atoms with Crippen LogP contribution in [0.25, 0.3) is 0 Å². The summed E-state index contributed by atoms with van der Waals surface area (Å²) in [6.45, 7) is 3.17. The van der Waals surface area contributed by atoms with Gasteiger partial charge in [-0.2, -0.15) is 0 Å². The van der Waals surface area contributed by atoms with Gasteiger partial charge in [0.2, 0.25) is 0 Å². The van der Waals surface area contributed by atoms with Crippen LogP contribution in [0.2, 0.25) is 0 Å². The second kappa shape index (κ2) is 3.89. The Bertz CT molecular complexity index is 323. The number of rotatable bonds is 2. The van der Waals surface area contributed by atoms with Gasteiger partial charge in [-0.25, -0.2) is 0 Å². The van der Waals surface area contributed by atoms with Gasteiger partial charge in [-0.15, -0.1) is 0 Å². The van der Waals surface area contributed by atoms with E-state index >= 15 is 0 Å². The lowest BCUT2D eigenvalue weighted by Crippen LogP contribution is -2.03. The van der Waals surface area contributed by atoms with Gasteiger partial charge in [0.15, 0.2) is 11.5 Å². The van der Waals surface area contributed by atoms with Crippen molar-refractivity contribution < 1.29 is 14.3 Å². The van der Waals surface area contributed by atoms with Crippen molar-refractivity contribution in [2.24, 2.45) is 0 Å². The Morgan fingerprint density at radius 3 is 2.69 bits per heavy atom. The topological polar surface area (TPSA) is 48.4 Å². The molecule has 1 aromatic rings. The molecule has 0 radical (unpaired) electrons. The van der Waals surface area contributed by atoms with Crippen molar-refractivity contribution in [1.82, 2.24) is 4.98 Å². The predicted molar refractivity (Wildman–Crippen MR) is 46.8 cm³/mol. The number of carbonyl (C=O) groups excluding carboxylic acids is 1. The highest BCUT2D eigenvalue weighted by Crippen LogP contribution is 2.25. The van der Waals surface area contributed by atoms with Crippen molar-refractivity contribution in [3.8, 4) is 11.5 Å². The molecule has 0 bridgehead atoms. The average molecular weight is 181 g/mol. The standard InChI is InChI=1S/C9H11NO3/c1-6-4-8(12-3)9(5-10-6)13-7(2)11/h4-5H,1-3H3. The number of pyridine rings is 1. The van der Waals surface area contributed by atoms with Gasteiger partial charge in [0.1, 0.15) is 0 Å². The molecule has 0 aliphatic carbocycles. The number of ether oxygens (including phenoxy) is 2. The molecule has 0 saturated carbocycles. The fourth-order valence-corrected chi connectivity index (χ4v) is 0.913. The second-order valence-corrected chi connectivity index (χ2v) is 2.57. The Kier molecular flexibility index (Phi) is 2.84. The summed E-state index contributed by atoms with van der Waals surface area (Å²) in [5, 5.41) is 0. The van der Waals surface area contributed by atoms with Crippen LogP contribution in [0.3, 0.4) is 0 Å². The minimum absolute atomic E-state index is 0.348. The summed E-state index contributed by atoms with van der Waals surface area (Å²) < 4.78 is 9.87. The van der Waals surface area contributed by atoms with Gasteiger partial charge in [0, 0.05) is 18.7 Å². The number of hydrogen-bond donors (Lipinski definition) is 0. The summed E-state index contributed by atoms with van der Waals surface area (Å²) in [6, 6.07) is 1.71. The molecule has 70 valence electrons. The van der Waals surface area contributed by atoms with E-state index in [1.54, 1.807) is 6.07 Å². The summed E-state index contributed by atoms with van der Waals surface area (Å²) in [7, 11) is 1.52. The Labute approximate surface area is 76.5 Å². The monoisotopic (exact) mass is 181 g/mol. The van der Waals surface area contributed by atoms with E-state index in [1.165, 1.54) is 20.2 Å². The van der Waals surface area contributed by atoms with Crippen LogP contribution in [0, 0.1) is 6.92 Å². The first kappa shape index (κ1) is 9.51. The Morgan fingerprint density at radius 1 is 1.46 bits per heavy atom. The zero-order chi connectivity index (χ0) is 9.84. The van der Waals surface area contributed by atoms with E-state index < -0.39 is 0 Å². The van der Waals surface area contributed by atoms with Gasteiger partial charge in [0.05, 0.1) is 13.3 Å². The Morgan fingerprint density at radius 2 is 2.15 bits per heavy atom. The molecule has 1 rings (SSSR count). The van der Waals surface area contributed by atoms with Gasteiger partial charge in [0.25, 0.3) is 0 Å². The highest BCUT2D eigenvalue weighted by Gasteiger charge is 2.06. The lowest BCUT2D eigenvalue weighted by molar-refractivity contribution is -0.132. The van der Waals surface area contributed by atoms with E-state index in [2.05, 4.69) is 4.98 Å². The molecular formula is C9H11NO3. The zero-order valence-corrected chi connectivity index (χ0v) is 7.83. The second-order valence-electron chi connectivity index (χ2n) is 2.57. The average Bonchev–Trinajstić information content (AvgIpc) is 2.07. The minimum atomic E-state index is -0.385. The smallest absolute Gasteiger partial charge is 0.308 e. The number of methoxy groups -OCH3 is 1. The van der Waals surface area contributed by atoms with Gasteiger partial charge in [-0.05, 0) is 6.92 Å². The molecule has 1 heterocycles. The van der Waals surface area contributed by atoms with Crippen molar-refractivity contribution in [1.29, 1.82) is 0 Å². The maximum atomic E-state index is 10.7. The van der Waals surface area contributed by atoms with E-state index in [4.69, 9.17) is 9.47 Å². The fraction of sp³-hybridized carbons (Fsp3) is 0.333. The summed E-state index contributed by atoms with van der Waals surface area (Å²) in [5.74, 6) is 0.479. The molecule has 0 aliphatic rings. The van der Waals surface area contributed by atoms with Gasteiger partial charge < -0.3 is 9.47 Å². The molecule has 0 saturated heterocycles. The van der Waals surface area contributed by atoms with Crippen molar-refractivity contribution >= 4 is 5.97 Å². The molecule has 0 amide bonds. The summed E-state index contributed by atoms with van der Waals surface area (Å²) >= 11 is 0. The first-order valence-electron chi connectivity index (χ1n) is 3.82. The number of aryl methyl sites for hydroxylation is 1. The molecular weight excluding hydrogens is 170 g/mol. The van der Waals surface area contributed by atoms with E-state index in [1.807, 2.05) is 6.92 Å². The van der Waals surface area contributed by atoms with E-state index in [-0.39, 0.29) is 5.97 Å². The molecule has 0 unspecified atom stereocenters. The Balaban J connectivity index is 2.99. The third-order valence-electron chi connectivity index (χ3n) is 1.44. The molecule has 0 N–H and O–H groups in total. The van der Waals surface area contributed by atoms with Crippen molar-refractivity contribution in [2.45, 2.75) is 13.8 Å². The summed E-state index contributed by atoms with van der Waals surface area (Å²) in [6.07, 6.45) is 1.47. The maximum Gasteiger partial charge on any atom is 0.308 e. The molecule has 0 atom stereocenters. The van der Waals surface area contributed by atoms with Crippen LogP contribution in [0.4, 0.5) is 0 Å². The van der Waals surface area contributed by atoms with E-state index in [0.29, 0.717) is 11.5 Å². The van der Waals surface area contributed by atoms with Gasteiger partial charge in [-0.1, -0.05) is 0 Å². The molecule has 4 heteroatoms. The fourth-order valence-electron chi connectivity index (χ4n) is 0.913. The Hall–Kier alpha value is -1.58. The lowest BCUT2D eigenvalue weighted by Gasteiger charge is -2.07. The van der Waals surface area contributed by atoms with Crippen LogP contribution in [-0.2, 0) is 4.79 Å². The van der Waals surface area contributed by atoms with Crippen LogP contribution in [0.15, 0.2) is 12.3 Å². The highest BCUT2D eigenvalue weighted by molar-refractivity contribution is 5.70. The van der Waals surface area contributed by atoms with Crippen LogP contribution in [0.5, 0.6) is 11.5 Å². The molecule has 0 fully saturated rings. The third kappa shape index (κ3) is 2.43. The molecule has 0 aliphatic heterocycles. The number of nitrogens with zero attached hydrogens (tertiary/aromatic N) is 1. The SMILES string of the molecule is COc1cc(C)ncc1OC(C)=O. The molecule has 1 aromatic heterocycles. The normalized spacial score (nSPS) is 9.46. The predicted octanol–water partition coefficient (Wildman–Crippen LogP) is 1.32. The van der Waals surface area contributed by atoms with Crippen molar-refractivity contribution in [3.05, 3.63) is 18.0 Å². The van der Waals surface area contributed by atoms with Crippen LogP contribution in [-0.4, -0.2) is 18.1 Å². The summed E-state index contributed by atoms with van der Waals surface area (Å²) in [4.78, 5) is 14.6. The lowest BCUT2D eigenvalue weighted by atomic mass is 10.3. The number of esters is 1. The van der Waals surface area contributed by atoms with Crippen molar-refractivity contribution in [2.75, 3.05) is 7.11 Å². The molecule has 0 spiro atoms. The molecule has 13 heavy (non-hydrogen) atoms. The van der Waals surface area contributed by atoms with Crippen LogP contribution < -0.4 is 9.47 Å².